The fraction of sp³-hybridized carbons (Fsp3) is 0.583. The molecule has 0 aromatic carbocycles. The second-order valence-corrected chi connectivity index (χ2v) is 4.79. The summed E-state index contributed by atoms with van der Waals surface area (Å²) in [6, 6.07) is 3.45. The van der Waals surface area contributed by atoms with E-state index in [0.29, 0.717) is 11.7 Å². The monoisotopic (exact) mass is 246 g/mol. The minimum atomic E-state index is 0.215. The molecule has 0 aliphatic carbocycles. The lowest BCUT2D eigenvalue weighted by atomic mass is 9.94. The minimum absolute atomic E-state index is 0.215. The number of hydrogen-bond acceptors (Lipinski definition) is 6. The Kier molecular flexibility index (Phi) is 2.99. The lowest BCUT2D eigenvalue weighted by Crippen LogP contribution is -2.24. The zero-order chi connectivity index (χ0) is 12.4. The first-order valence-corrected chi connectivity index (χ1v) is 6.08. The van der Waals surface area contributed by atoms with Crippen LogP contribution < -0.4 is 0 Å². The molecule has 0 saturated carbocycles. The molecule has 0 N–H and O–H groups in total. The van der Waals surface area contributed by atoms with Gasteiger partial charge in [-0.25, -0.2) is 0 Å². The first-order valence-electron chi connectivity index (χ1n) is 6.08. The Labute approximate surface area is 105 Å². The van der Waals surface area contributed by atoms with Gasteiger partial charge in [-0.15, -0.1) is 0 Å². The molecule has 1 aromatic rings. The highest BCUT2D eigenvalue weighted by Crippen LogP contribution is 2.31. The number of nitriles is 1. The molecule has 2 bridgehead atoms. The Bertz CT molecular complexity index is 491. The van der Waals surface area contributed by atoms with Gasteiger partial charge in [0.15, 0.2) is 18.1 Å². The van der Waals surface area contributed by atoms with Gasteiger partial charge in [0, 0.05) is 31.3 Å². The molecule has 3 heterocycles. The van der Waals surface area contributed by atoms with Crippen molar-refractivity contribution in [2.75, 3.05) is 19.6 Å². The predicted molar refractivity (Wildman–Crippen MR) is 62.5 cm³/mol. The van der Waals surface area contributed by atoms with Crippen LogP contribution >= 0.6 is 0 Å². The third-order valence-corrected chi connectivity index (χ3v) is 3.59. The van der Waals surface area contributed by atoms with Crippen molar-refractivity contribution in [1.29, 1.82) is 5.26 Å². The number of nitrogens with zero attached hydrogens (tertiary/aromatic N) is 4. The van der Waals surface area contributed by atoms with Crippen LogP contribution in [0.4, 0.5) is 0 Å². The predicted octanol–water partition coefficient (Wildman–Crippen LogP) is 1.00. The van der Waals surface area contributed by atoms with E-state index in [1.54, 1.807) is 6.07 Å². The quantitative estimate of drug-likeness (QED) is 0.585. The van der Waals surface area contributed by atoms with E-state index in [-0.39, 0.29) is 12.3 Å². The van der Waals surface area contributed by atoms with Crippen LogP contribution in [-0.2, 0) is 11.4 Å². The van der Waals surface area contributed by atoms with Crippen LogP contribution in [-0.4, -0.2) is 35.9 Å². The molecule has 3 unspecified atom stereocenters. The largest absolute Gasteiger partial charge is 0.388 e. The molecule has 2 aliphatic heterocycles. The number of piperidine rings is 1. The van der Waals surface area contributed by atoms with Crippen molar-refractivity contribution in [3.8, 4) is 6.07 Å². The molecule has 0 spiro atoms. The van der Waals surface area contributed by atoms with E-state index >= 15 is 0 Å². The van der Waals surface area contributed by atoms with Gasteiger partial charge in [0.25, 0.3) is 0 Å². The molecule has 1 aromatic heterocycles. The lowest BCUT2D eigenvalue weighted by Gasteiger charge is -2.17. The van der Waals surface area contributed by atoms with Gasteiger partial charge >= 0.3 is 0 Å². The Balaban J connectivity index is 1.46. The molecular weight excluding hydrogens is 232 g/mol. The molecule has 2 fully saturated rings. The number of rotatable bonds is 4. The highest BCUT2D eigenvalue weighted by atomic mass is 16.6. The van der Waals surface area contributed by atoms with E-state index in [1.165, 1.54) is 19.5 Å². The summed E-state index contributed by atoms with van der Waals surface area (Å²) >= 11 is 0. The summed E-state index contributed by atoms with van der Waals surface area (Å²) < 4.78 is 4.90. The highest BCUT2D eigenvalue weighted by molar-refractivity contribution is 5.61. The summed E-state index contributed by atoms with van der Waals surface area (Å²) in [4.78, 5) is 7.61. The van der Waals surface area contributed by atoms with Gasteiger partial charge in [0.05, 0.1) is 0 Å². The van der Waals surface area contributed by atoms with Gasteiger partial charge < -0.3 is 14.3 Å². The van der Waals surface area contributed by atoms with E-state index in [1.807, 2.05) is 12.3 Å². The van der Waals surface area contributed by atoms with E-state index in [2.05, 4.69) is 15.2 Å². The second-order valence-electron chi connectivity index (χ2n) is 4.79. The minimum Gasteiger partial charge on any atom is -0.388 e. The standard InChI is InChI=1S/C12H14N4O2/c13-4-11-3-12(18-15-11)8-17-14-5-10-7-16-2-1-9(10)6-16/h3,5,9-10H,1-2,6-8H2/b14-5+. The number of aromatic nitrogens is 1. The van der Waals surface area contributed by atoms with Gasteiger partial charge in [0.2, 0.25) is 0 Å². The summed E-state index contributed by atoms with van der Waals surface area (Å²) in [6.45, 7) is 3.74. The van der Waals surface area contributed by atoms with Crippen molar-refractivity contribution in [2.45, 2.75) is 13.0 Å². The molecule has 18 heavy (non-hydrogen) atoms. The first-order chi connectivity index (χ1) is 8.85. The van der Waals surface area contributed by atoms with E-state index in [0.717, 1.165) is 12.5 Å². The van der Waals surface area contributed by atoms with Gasteiger partial charge in [-0.1, -0.05) is 10.3 Å². The molecular formula is C12H14N4O2. The zero-order valence-corrected chi connectivity index (χ0v) is 9.95. The summed E-state index contributed by atoms with van der Waals surface area (Å²) in [5, 5.41) is 16.1. The van der Waals surface area contributed by atoms with E-state index < -0.39 is 0 Å². The Morgan fingerprint density at radius 3 is 3.28 bits per heavy atom. The lowest BCUT2D eigenvalue weighted by molar-refractivity contribution is 0.108. The molecule has 94 valence electrons. The summed E-state index contributed by atoms with van der Waals surface area (Å²) in [7, 11) is 0. The molecule has 6 heteroatoms. The Hall–Kier alpha value is -1.87. The van der Waals surface area contributed by atoms with Crippen molar-refractivity contribution >= 4 is 6.21 Å². The average molecular weight is 246 g/mol. The van der Waals surface area contributed by atoms with Crippen molar-refractivity contribution in [1.82, 2.24) is 10.1 Å². The van der Waals surface area contributed by atoms with E-state index in [4.69, 9.17) is 14.6 Å². The maximum atomic E-state index is 8.58. The number of oxime groups is 1. The first kappa shape index (κ1) is 11.2. The molecule has 6 nitrogen and oxygen atoms in total. The van der Waals surface area contributed by atoms with Gasteiger partial charge in [-0.05, 0) is 18.9 Å². The second kappa shape index (κ2) is 4.78. The Morgan fingerprint density at radius 2 is 2.61 bits per heavy atom. The highest BCUT2D eigenvalue weighted by Gasteiger charge is 2.36. The maximum Gasteiger partial charge on any atom is 0.183 e. The number of hydrogen-bond donors (Lipinski definition) is 0. The van der Waals surface area contributed by atoms with Crippen LogP contribution in [0.25, 0.3) is 0 Å². The third-order valence-electron chi connectivity index (χ3n) is 3.59. The van der Waals surface area contributed by atoms with Crippen LogP contribution in [0.3, 0.4) is 0 Å². The average Bonchev–Trinajstić information content (AvgIpc) is 3.10. The fourth-order valence-electron chi connectivity index (χ4n) is 2.65. The fourth-order valence-corrected chi connectivity index (χ4v) is 2.65. The van der Waals surface area contributed by atoms with Crippen LogP contribution in [0, 0.1) is 23.2 Å². The van der Waals surface area contributed by atoms with Gasteiger partial charge in [-0.3, -0.25) is 0 Å². The van der Waals surface area contributed by atoms with Crippen LogP contribution in [0.1, 0.15) is 17.9 Å². The zero-order valence-electron chi connectivity index (χ0n) is 9.95. The molecule has 3 rings (SSSR count). The van der Waals surface area contributed by atoms with Gasteiger partial charge in [0.1, 0.15) is 6.07 Å². The van der Waals surface area contributed by atoms with Crippen molar-refractivity contribution in [3.63, 3.8) is 0 Å². The van der Waals surface area contributed by atoms with Crippen LogP contribution in [0.15, 0.2) is 15.7 Å². The topological polar surface area (TPSA) is 74.7 Å². The van der Waals surface area contributed by atoms with Crippen molar-refractivity contribution in [2.24, 2.45) is 17.0 Å². The molecule has 0 amide bonds. The van der Waals surface area contributed by atoms with Crippen molar-refractivity contribution in [3.05, 3.63) is 17.5 Å². The number of fused-ring (bicyclic) bond motifs is 2. The molecule has 3 atom stereocenters. The Morgan fingerprint density at radius 1 is 1.67 bits per heavy atom. The maximum absolute atomic E-state index is 8.58. The van der Waals surface area contributed by atoms with Crippen LogP contribution in [0.5, 0.6) is 0 Å². The van der Waals surface area contributed by atoms with E-state index in [9.17, 15) is 0 Å². The smallest absolute Gasteiger partial charge is 0.183 e. The summed E-state index contributed by atoms with van der Waals surface area (Å²) in [5.41, 5.74) is 0.262. The summed E-state index contributed by atoms with van der Waals surface area (Å²) in [6.07, 6.45) is 3.16. The molecule has 0 radical (unpaired) electrons. The van der Waals surface area contributed by atoms with Gasteiger partial charge in [-0.2, -0.15) is 5.26 Å². The molecule has 2 saturated heterocycles. The normalized spacial score (nSPS) is 29.8. The van der Waals surface area contributed by atoms with Crippen molar-refractivity contribution < 1.29 is 9.36 Å². The molecule has 2 aliphatic rings. The summed E-state index contributed by atoms with van der Waals surface area (Å²) in [5.74, 6) is 1.77. The van der Waals surface area contributed by atoms with Crippen LogP contribution in [0.2, 0.25) is 0 Å². The SMILES string of the molecule is N#Cc1cc(CO/N=C/C2CN3CCC2C3)on1. The third kappa shape index (κ3) is 2.22.